The van der Waals surface area contributed by atoms with Crippen molar-refractivity contribution in [2.45, 2.75) is 4.70 Å². The molecule has 1 aliphatic heterocycles. The van der Waals surface area contributed by atoms with Gasteiger partial charge in [0.15, 0.2) is 0 Å². The zero-order chi connectivity index (χ0) is 7.07. The van der Waals surface area contributed by atoms with Crippen molar-refractivity contribution in [2.24, 2.45) is 0 Å². The van der Waals surface area contributed by atoms with Crippen LogP contribution < -0.4 is 0 Å². The van der Waals surface area contributed by atoms with E-state index in [1.165, 1.54) is 0 Å². The monoisotopic (exact) mass is 202 g/mol. The van der Waals surface area contributed by atoms with Crippen molar-refractivity contribution in [1.82, 2.24) is 10.5 Å². The van der Waals surface area contributed by atoms with Crippen LogP contribution in [0.25, 0.3) is 0 Å². The highest BCUT2D eigenvalue weighted by atomic mass is 79.9. The standard InChI is InChI=1S/C3H2BrF3N2/c4-3(5)1-2-8(6)9(3)7/h1-2H. The second-order valence-corrected chi connectivity index (χ2v) is 2.56. The molecule has 0 aliphatic carbocycles. The molecule has 0 saturated carbocycles. The SMILES string of the molecule is FN1C=CC(F)(Br)N1F. The Morgan fingerprint density at radius 2 is 2.00 bits per heavy atom. The van der Waals surface area contributed by atoms with Crippen LogP contribution in [-0.2, 0) is 0 Å². The minimum atomic E-state index is -2.53. The van der Waals surface area contributed by atoms with E-state index < -0.39 is 15.2 Å². The van der Waals surface area contributed by atoms with E-state index in [9.17, 15) is 13.4 Å². The Hall–Kier alpha value is -0.230. The molecular weight excluding hydrogens is 201 g/mol. The van der Waals surface area contributed by atoms with Gasteiger partial charge in [-0.1, -0.05) is 4.48 Å². The molecule has 0 N–H and O–H groups in total. The van der Waals surface area contributed by atoms with Crippen LogP contribution in [0, 0.1) is 0 Å². The molecule has 52 valence electrons. The third kappa shape index (κ3) is 1.04. The summed E-state index contributed by atoms with van der Waals surface area (Å²) in [6.07, 6.45) is 1.31. The van der Waals surface area contributed by atoms with E-state index in [0.29, 0.717) is 12.3 Å². The summed E-state index contributed by atoms with van der Waals surface area (Å²) in [6, 6.07) is 0. The third-order valence-electron chi connectivity index (χ3n) is 0.812. The molecule has 1 heterocycles. The van der Waals surface area contributed by atoms with Crippen LogP contribution in [0.1, 0.15) is 0 Å². The Bertz CT molecular complexity index is 148. The van der Waals surface area contributed by atoms with Crippen molar-refractivity contribution in [3.8, 4) is 0 Å². The summed E-state index contributed by atoms with van der Waals surface area (Å²) in [5.41, 5.74) is 0. The van der Waals surface area contributed by atoms with E-state index in [1.807, 2.05) is 0 Å². The molecule has 1 aliphatic rings. The predicted octanol–water partition coefficient (Wildman–Crippen LogP) is 1.82. The minimum absolute atomic E-state index is 0.505. The van der Waals surface area contributed by atoms with Crippen molar-refractivity contribution in [1.29, 1.82) is 0 Å². The molecule has 0 aromatic heterocycles. The predicted molar refractivity (Wildman–Crippen MR) is 27.8 cm³/mol. The first-order valence-corrected chi connectivity index (χ1v) is 2.81. The van der Waals surface area contributed by atoms with Gasteiger partial charge in [-0.25, -0.2) is 4.39 Å². The Balaban J connectivity index is 2.74. The Morgan fingerprint density at radius 3 is 2.11 bits per heavy atom. The maximum absolute atomic E-state index is 12.4. The molecule has 2 nitrogen and oxygen atoms in total. The molecular formula is C3H2BrF3N2. The number of halogens is 4. The molecule has 0 saturated heterocycles. The fourth-order valence-electron chi connectivity index (χ4n) is 0.399. The average molecular weight is 203 g/mol. The van der Waals surface area contributed by atoms with Gasteiger partial charge in [-0.15, -0.1) is 9.71 Å². The van der Waals surface area contributed by atoms with Gasteiger partial charge in [0.2, 0.25) is 0 Å². The molecule has 0 aromatic carbocycles. The number of rotatable bonds is 0. The topological polar surface area (TPSA) is 6.48 Å². The number of alkyl halides is 2. The fraction of sp³-hybridized carbons (Fsp3) is 0.333. The summed E-state index contributed by atoms with van der Waals surface area (Å²) in [5, 5.41) is -1.23. The normalized spacial score (nSPS) is 36.2. The van der Waals surface area contributed by atoms with Crippen LogP contribution in [0.4, 0.5) is 13.4 Å². The first-order valence-electron chi connectivity index (χ1n) is 2.02. The second kappa shape index (κ2) is 1.88. The van der Waals surface area contributed by atoms with Crippen molar-refractivity contribution >= 4 is 15.9 Å². The second-order valence-electron chi connectivity index (χ2n) is 1.45. The molecule has 1 atom stereocenters. The van der Waals surface area contributed by atoms with Crippen LogP contribution in [0.3, 0.4) is 0 Å². The molecule has 0 bridgehead atoms. The Kier molecular flexibility index (Phi) is 1.44. The summed E-state index contributed by atoms with van der Waals surface area (Å²) in [6.45, 7) is 0. The molecule has 0 aromatic rings. The van der Waals surface area contributed by atoms with E-state index in [2.05, 4.69) is 15.9 Å². The van der Waals surface area contributed by atoms with Crippen molar-refractivity contribution in [3.05, 3.63) is 12.3 Å². The number of hydrogen-bond donors (Lipinski definition) is 0. The highest BCUT2D eigenvalue weighted by Crippen LogP contribution is 2.34. The summed E-state index contributed by atoms with van der Waals surface area (Å²) in [4.78, 5) is 0. The van der Waals surface area contributed by atoms with Gasteiger partial charge in [-0.3, -0.25) is 0 Å². The maximum atomic E-state index is 12.4. The summed E-state index contributed by atoms with van der Waals surface area (Å²) >= 11 is 2.26. The highest BCUT2D eigenvalue weighted by molar-refractivity contribution is 9.10. The minimum Gasteiger partial charge on any atom is -0.204 e. The quantitative estimate of drug-likeness (QED) is 0.336. The lowest BCUT2D eigenvalue weighted by atomic mass is 10.6. The maximum Gasteiger partial charge on any atom is 0.287 e. The van der Waals surface area contributed by atoms with Gasteiger partial charge >= 0.3 is 0 Å². The van der Waals surface area contributed by atoms with Gasteiger partial charge in [0, 0.05) is 11.3 Å². The lowest BCUT2D eigenvalue weighted by Gasteiger charge is -2.16. The zero-order valence-corrected chi connectivity index (χ0v) is 5.65. The lowest BCUT2D eigenvalue weighted by Crippen LogP contribution is -2.32. The van der Waals surface area contributed by atoms with Gasteiger partial charge in [-0.05, 0) is 15.9 Å². The van der Waals surface area contributed by atoms with E-state index in [0.717, 1.165) is 0 Å². The Morgan fingerprint density at radius 1 is 1.44 bits per heavy atom. The number of hydrogen-bond acceptors (Lipinski definition) is 2. The van der Waals surface area contributed by atoms with Gasteiger partial charge < -0.3 is 0 Å². The molecule has 6 heteroatoms. The summed E-state index contributed by atoms with van der Waals surface area (Å²) in [7, 11) is 0. The summed E-state index contributed by atoms with van der Waals surface area (Å²) < 4.78 is 33.7. The molecule has 1 unspecified atom stereocenters. The largest absolute Gasteiger partial charge is 0.287 e. The van der Waals surface area contributed by atoms with Crippen molar-refractivity contribution in [2.75, 3.05) is 0 Å². The van der Waals surface area contributed by atoms with Gasteiger partial charge in [0.25, 0.3) is 4.70 Å². The van der Waals surface area contributed by atoms with Gasteiger partial charge in [0.1, 0.15) is 0 Å². The molecule has 0 spiro atoms. The first kappa shape index (κ1) is 6.88. The van der Waals surface area contributed by atoms with Gasteiger partial charge in [-0.2, -0.15) is 0 Å². The molecule has 9 heavy (non-hydrogen) atoms. The highest BCUT2D eigenvalue weighted by Gasteiger charge is 2.41. The molecule has 0 radical (unpaired) electrons. The van der Waals surface area contributed by atoms with Crippen LogP contribution in [-0.4, -0.2) is 15.2 Å². The third-order valence-corrected chi connectivity index (χ3v) is 1.37. The van der Waals surface area contributed by atoms with Gasteiger partial charge in [0.05, 0.1) is 6.20 Å². The van der Waals surface area contributed by atoms with Crippen LogP contribution in [0.5, 0.6) is 0 Å². The molecule has 0 amide bonds. The zero-order valence-electron chi connectivity index (χ0n) is 4.06. The van der Waals surface area contributed by atoms with Crippen LogP contribution in [0.15, 0.2) is 12.3 Å². The lowest BCUT2D eigenvalue weighted by molar-refractivity contribution is -0.269. The first-order chi connectivity index (χ1) is 4.04. The van der Waals surface area contributed by atoms with Crippen molar-refractivity contribution in [3.63, 3.8) is 0 Å². The number of hydrazine groups is 1. The van der Waals surface area contributed by atoms with E-state index in [4.69, 9.17) is 0 Å². The van der Waals surface area contributed by atoms with E-state index in [-0.39, 0.29) is 0 Å². The fourth-order valence-corrected chi connectivity index (χ4v) is 0.668. The van der Waals surface area contributed by atoms with Crippen LogP contribution in [0.2, 0.25) is 0 Å². The summed E-state index contributed by atoms with van der Waals surface area (Å²) in [5.74, 6) is 0. The smallest absolute Gasteiger partial charge is 0.204 e. The molecule has 1 rings (SSSR count). The van der Waals surface area contributed by atoms with E-state index in [1.54, 1.807) is 0 Å². The van der Waals surface area contributed by atoms with Crippen molar-refractivity contribution < 1.29 is 13.4 Å². The molecule has 0 fully saturated rings. The average Bonchev–Trinajstić information content (AvgIpc) is 1.97. The van der Waals surface area contributed by atoms with E-state index >= 15 is 0 Å². The Labute approximate surface area is 57.5 Å². The number of nitrogens with zero attached hydrogens (tertiary/aromatic N) is 2. The van der Waals surface area contributed by atoms with Crippen LogP contribution >= 0.6 is 15.9 Å².